The summed E-state index contributed by atoms with van der Waals surface area (Å²) in [4.78, 5) is 26.6. The number of furan rings is 1. The van der Waals surface area contributed by atoms with E-state index in [-0.39, 0.29) is 17.7 Å². The van der Waals surface area contributed by atoms with Crippen molar-refractivity contribution in [2.24, 2.45) is 11.8 Å². The van der Waals surface area contributed by atoms with E-state index < -0.39 is 0 Å². The number of hydrogen-bond donors (Lipinski definition) is 1. The highest BCUT2D eigenvalue weighted by atomic mass is 16.5. The summed E-state index contributed by atoms with van der Waals surface area (Å²) >= 11 is 0. The molecule has 0 radical (unpaired) electrons. The lowest BCUT2D eigenvalue weighted by Crippen LogP contribution is -2.34. The third kappa shape index (κ3) is 2.98. The van der Waals surface area contributed by atoms with Crippen molar-refractivity contribution < 1.29 is 18.7 Å². The zero-order chi connectivity index (χ0) is 18.1. The van der Waals surface area contributed by atoms with Crippen LogP contribution in [0.4, 0.5) is 0 Å². The van der Waals surface area contributed by atoms with Gasteiger partial charge in [0.1, 0.15) is 5.82 Å². The van der Waals surface area contributed by atoms with Crippen LogP contribution >= 0.6 is 0 Å². The van der Waals surface area contributed by atoms with E-state index in [2.05, 4.69) is 15.5 Å². The summed E-state index contributed by atoms with van der Waals surface area (Å²) in [6.07, 6.45) is 2.22. The van der Waals surface area contributed by atoms with E-state index in [4.69, 9.17) is 9.15 Å². The standard InChI is InChI=1S/C17H21N5O4/c1-25-6-4-18-16(23)15-20-19-14-7-11-8-21(9-12(11)10-22(14)15)17(24)13-3-2-5-26-13/h2-3,5,11-12H,4,6-10H2,1H3,(H,18,23)/t11-,12-/m0/s1. The largest absolute Gasteiger partial charge is 0.459 e. The number of likely N-dealkylation sites (tertiary alicyclic amines) is 1. The summed E-state index contributed by atoms with van der Waals surface area (Å²) in [7, 11) is 1.58. The molecule has 0 bridgehead atoms. The van der Waals surface area contributed by atoms with E-state index in [0.29, 0.717) is 56.7 Å². The number of aromatic nitrogens is 3. The molecule has 2 amide bonds. The van der Waals surface area contributed by atoms with Crippen LogP contribution in [0.15, 0.2) is 22.8 Å². The highest BCUT2D eigenvalue weighted by Crippen LogP contribution is 2.33. The molecule has 26 heavy (non-hydrogen) atoms. The minimum Gasteiger partial charge on any atom is -0.459 e. The summed E-state index contributed by atoms with van der Waals surface area (Å²) in [6.45, 7) is 2.83. The third-order valence-corrected chi connectivity index (χ3v) is 5.08. The zero-order valence-electron chi connectivity index (χ0n) is 14.6. The van der Waals surface area contributed by atoms with Crippen molar-refractivity contribution >= 4 is 11.8 Å². The molecular weight excluding hydrogens is 338 g/mol. The van der Waals surface area contributed by atoms with Crippen LogP contribution in [0.3, 0.4) is 0 Å². The highest BCUT2D eigenvalue weighted by molar-refractivity contribution is 5.92. The molecule has 2 aromatic heterocycles. The van der Waals surface area contributed by atoms with E-state index in [1.165, 1.54) is 6.26 Å². The maximum atomic E-state index is 12.5. The fourth-order valence-electron chi connectivity index (χ4n) is 3.76. The topological polar surface area (TPSA) is 102 Å². The predicted molar refractivity (Wildman–Crippen MR) is 89.5 cm³/mol. The predicted octanol–water partition coefficient (Wildman–Crippen LogP) is 0.192. The molecule has 2 aromatic rings. The Labute approximate surface area is 150 Å². The first-order chi connectivity index (χ1) is 12.7. The minimum absolute atomic E-state index is 0.0855. The minimum atomic E-state index is -0.249. The molecule has 0 aliphatic carbocycles. The zero-order valence-corrected chi connectivity index (χ0v) is 14.6. The van der Waals surface area contributed by atoms with Gasteiger partial charge < -0.3 is 23.9 Å². The average Bonchev–Trinajstić information content (AvgIpc) is 3.37. The van der Waals surface area contributed by atoms with Crippen LogP contribution in [-0.4, -0.2) is 64.8 Å². The van der Waals surface area contributed by atoms with Crippen LogP contribution in [0, 0.1) is 11.8 Å². The van der Waals surface area contributed by atoms with Crippen LogP contribution in [0.1, 0.15) is 27.0 Å². The van der Waals surface area contributed by atoms with Gasteiger partial charge in [0, 0.05) is 39.7 Å². The second kappa shape index (κ2) is 6.91. The van der Waals surface area contributed by atoms with Gasteiger partial charge in [-0.05, 0) is 24.0 Å². The molecule has 2 atom stereocenters. The Morgan fingerprint density at radius 3 is 2.92 bits per heavy atom. The Morgan fingerprint density at radius 2 is 2.15 bits per heavy atom. The lowest BCUT2D eigenvalue weighted by atomic mass is 9.89. The average molecular weight is 359 g/mol. The van der Waals surface area contributed by atoms with Gasteiger partial charge in [-0.1, -0.05) is 0 Å². The molecule has 9 heteroatoms. The van der Waals surface area contributed by atoms with E-state index in [9.17, 15) is 9.59 Å². The highest BCUT2D eigenvalue weighted by Gasteiger charge is 2.41. The van der Waals surface area contributed by atoms with Gasteiger partial charge in [0.2, 0.25) is 5.82 Å². The van der Waals surface area contributed by atoms with Crippen molar-refractivity contribution in [2.75, 3.05) is 33.4 Å². The van der Waals surface area contributed by atoms with Crippen LogP contribution in [-0.2, 0) is 17.7 Å². The molecule has 0 aromatic carbocycles. The molecule has 1 fully saturated rings. The molecule has 0 unspecified atom stereocenters. The van der Waals surface area contributed by atoms with Gasteiger partial charge in [-0.3, -0.25) is 9.59 Å². The van der Waals surface area contributed by atoms with Gasteiger partial charge in [-0.2, -0.15) is 0 Å². The van der Waals surface area contributed by atoms with Crippen molar-refractivity contribution in [3.63, 3.8) is 0 Å². The van der Waals surface area contributed by atoms with Crippen molar-refractivity contribution in [3.8, 4) is 0 Å². The maximum absolute atomic E-state index is 12.5. The molecule has 0 saturated carbocycles. The molecule has 2 aliphatic rings. The number of hydrogen-bond acceptors (Lipinski definition) is 6. The molecule has 0 spiro atoms. The summed E-state index contributed by atoms with van der Waals surface area (Å²) in [5.74, 6) is 1.76. The maximum Gasteiger partial charge on any atom is 0.289 e. The number of carbonyl (C=O) groups is 2. The van der Waals surface area contributed by atoms with Gasteiger partial charge in [0.05, 0.1) is 12.9 Å². The first kappa shape index (κ1) is 16.8. The molecule has 1 N–H and O–H groups in total. The van der Waals surface area contributed by atoms with Crippen LogP contribution < -0.4 is 5.32 Å². The Bertz CT molecular complexity index is 800. The lowest BCUT2D eigenvalue weighted by molar-refractivity contribution is 0.0751. The summed E-state index contributed by atoms with van der Waals surface area (Å²) in [6, 6.07) is 3.40. The van der Waals surface area contributed by atoms with Gasteiger partial charge in [-0.25, -0.2) is 0 Å². The molecule has 138 valence electrons. The fourth-order valence-corrected chi connectivity index (χ4v) is 3.76. The first-order valence-corrected chi connectivity index (χ1v) is 8.69. The van der Waals surface area contributed by atoms with Crippen molar-refractivity contribution in [3.05, 3.63) is 35.8 Å². The molecule has 4 heterocycles. The van der Waals surface area contributed by atoms with Crippen molar-refractivity contribution in [1.82, 2.24) is 25.0 Å². The quantitative estimate of drug-likeness (QED) is 0.765. The number of nitrogens with one attached hydrogen (secondary N) is 1. The molecule has 4 rings (SSSR count). The Hall–Kier alpha value is -2.68. The van der Waals surface area contributed by atoms with Crippen LogP contribution in [0.5, 0.6) is 0 Å². The number of nitrogens with zero attached hydrogens (tertiary/aromatic N) is 4. The molecular formula is C17H21N5O4. The summed E-state index contributed by atoms with van der Waals surface area (Å²) in [5, 5.41) is 11.0. The van der Waals surface area contributed by atoms with E-state index >= 15 is 0 Å². The summed E-state index contributed by atoms with van der Waals surface area (Å²) in [5.41, 5.74) is 0. The monoisotopic (exact) mass is 359 g/mol. The smallest absolute Gasteiger partial charge is 0.289 e. The first-order valence-electron chi connectivity index (χ1n) is 8.69. The second-order valence-corrected chi connectivity index (χ2v) is 6.71. The Morgan fingerprint density at radius 1 is 1.31 bits per heavy atom. The van der Waals surface area contributed by atoms with E-state index in [1.807, 2.05) is 9.47 Å². The van der Waals surface area contributed by atoms with Gasteiger partial charge in [0.15, 0.2) is 5.76 Å². The number of methoxy groups -OCH3 is 1. The van der Waals surface area contributed by atoms with Gasteiger partial charge >= 0.3 is 0 Å². The number of rotatable bonds is 5. The Balaban J connectivity index is 1.45. The fraction of sp³-hybridized carbons (Fsp3) is 0.529. The van der Waals surface area contributed by atoms with Gasteiger partial charge in [0.25, 0.3) is 11.8 Å². The number of amides is 2. The molecule has 1 saturated heterocycles. The Kier molecular flexibility index (Phi) is 4.46. The third-order valence-electron chi connectivity index (χ3n) is 5.08. The van der Waals surface area contributed by atoms with E-state index in [0.717, 1.165) is 5.82 Å². The second-order valence-electron chi connectivity index (χ2n) is 6.71. The van der Waals surface area contributed by atoms with E-state index in [1.54, 1.807) is 19.2 Å². The number of carbonyl (C=O) groups excluding carboxylic acids is 2. The molecule has 9 nitrogen and oxygen atoms in total. The van der Waals surface area contributed by atoms with Gasteiger partial charge in [-0.15, -0.1) is 10.2 Å². The van der Waals surface area contributed by atoms with Crippen molar-refractivity contribution in [1.29, 1.82) is 0 Å². The SMILES string of the molecule is COCCNC(=O)c1nnc2n1C[C@@H]1CN(C(=O)c3ccco3)C[C@@H]1C2. The number of ether oxygens (including phenoxy) is 1. The van der Waals surface area contributed by atoms with Crippen LogP contribution in [0.25, 0.3) is 0 Å². The summed E-state index contributed by atoms with van der Waals surface area (Å²) < 4.78 is 12.0. The molecule has 2 aliphatic heterocycles. The lowest BCUT2D eigenvalue weighted by Gasteiger charge is -2.25. The van der Waals surface area contributed by atoms with Crippen molar-refractivity contribution in [2.45, 2.75) is 13.0 Å². The normalized spacial score (nSPS) is 21.3. The van der Waals surface area contributed by atoms with Crippen LogP contribution in [0.2, 0.25) is 0 Å². The number of fused-ring (bicyclic) bond motifs is 2.